The number of ether oxygens (including phenoxy) is 1. The lowest BCUT2D eigenvalue weighted by Gasteiger charge is -2.09. The first-order valence-electron chi connectivity index (χ1n) is 9.48. The van der Waals surface area contributed by atoms with Gasteiger partial charge in [-0.05, 0) is 55.5 Å². The Balaban J connectivity index is 1.75. The van der Waals surface area contributed by atoms with E-state index in [0.717, 1.165) is 10.8 Å². The maximum Gasteiger partial charge on any atom is 0.446 e. The molecule has 0 aliphatic heterocycles. The summed E-state index contributed by atoms with van der Waals surface area (Å²) in [6.07, 6.45) is 0. The Kier molecular flexibility index (Phi) is 5.51. The van der Waals surface area contributed by atoms with Crippen molar-refractivity contribution in [3.8, 4) is 11.5 Å². The Morgan fingerprint density at radius 2 is 1.81 bits per heavy atom. The molecule has 5 N–H and O–H groups in total. The van der Waals surface area contributed by atoms with Crippen LogP contribution in [0.4, 0.5) is 22.7 Å². The molecule has 32 heavy (non-hydrogen) atoms. The molecule has 0 saturated heterocycles. The third-order valence-electron chi connectivity index (χ3n) is 4.57. The molecule has 4 rings (SSSR count). The average Bonchev–Trinajstić information content (AvgIpc) is 2.73. The van der Waals surface area contributed by atoms with E-state index >= 15 is 0 Å². The van der Waals surface area contributed by atoms with Gasteiger partial charge in [0.2, 0.25) is 0 Å². The molecule has 0 fully saturated rings. The Morgan fingerprint density at radius 1 is 1.00 bits per heavy atom. The summed E-state index contributed by atoms with van der Waals surface area (Å²) < 4.78 is 41.2. The van der Waals surface area contributed by atoms with Crippen molar-refractivity contribution in [3.63, 3.8) is 0 Å². The molecule has 4 aromatic rings. The van der Waals surface area contributed by atoms with Crippen molar-refractivity contribution in [2.75, 3.05) is 18.1 Å². The zero-order valence-corrected chi connectivity index (χ0v) is 17.7. The fourth-order valence-corrected chi connectivity index (χ4v) is 3.56. The van der Waals surface area contributed by atoms with Crippen LogP contribution < -0.4 is 20.4 Å². The van der Waals surface area contributed by atoms with Gasteiger partial charge in [-0.25, -0.2) is 4.98 Å². The van der Waals surface area contributed by atoms with Crippen LogP contribution in [0.3, 0.4) is 0 Å². The highest BCUT2D eigenvalue weighted by molar-refractivity contribution is 7.81. The molecule has 0 unspecified atom stereocenters. The Bertz CT molecular complexity index is 1470. The van der Waals surface area contributed by atoms with E-state index in [1.165, 1.54) is 18.2 Å². The van der Waals surface area contributed by atoms with Crippen molar-refractivity contribution >= 4 is 55.0 Å². The first-order valence-corrected chi connectivity index (χ1v) is 10.8. The van der Waals surface area contributed by atoms with E-state index in [9.17, 15) is 8.42 Å². The second kappa shape index (κ2) is 8.29. The zero-order chi connectivity index (χ0) is 22.9. The van der Waals surface area contributed by atoms with Crippen LogP contribution >= 0.6 is 0 Å². The third kappa shape index (κ3) is 4.38. The Hall–Kier alpha value is -3.96. The molecular weight excluding hydrogens is 434 g/mol. The summed E-state index contributed by atoms with van der Waals surface area (Å²) in [6.45, 7) is 2.45. The highest BCUT2D eigenvalue weighted by Gasteiger charge is 2.14. The number of nitrogen functional groups attached to an aromatic ring is 2. The monoisotopic (exact) mass is 453 g/mol. The van der Waals surface area contributed by atoms with Crippen LogP contribution in [0.1, 0.15) is 6.92 Å². The van der Waals surface area contributed by atoms with Crippen molar-refractivity contribution in [2.45, 2.75) is 6.92 Å². The minimum absolute atomic E-state index is 0.0420. The standard InChI is InChI=1S/C21H19N5O5S/c1-2-30-13-7-9-17-15(11-13)20(23)14-8-6-12(10-18(14)24-17)25-26-21-16(22)4-3-5-19(21)31-32(27,28)29/h3-11H,2,22H2,1H3,(H2,23,24)(H,27,28,29). The van der Waals surface area contributed by atoms with Crippen LogP contribution in [0.5, 0.6) is 11.5 Å². The highest BCUT2D eigenvalue weighted by Crippen LogP contribution is 2.37. The molecular formula is C21H19N5O5S. The van der Waals surface area contributed by atoms with Gasteiger partial charge in [0.15, 0.2) is 11.4 Å². The summed E-state index contributed by atoms with van der Waals surface area (Å²) in [5.41, 5.74) is 14.6. The van der Waals surface area contributed by atoms with Gasteiger partial charge in [-0.3, -0.25) is 4.55 Å². The number of anilines is 2. The lowest BCUT2D eigenvalue weighted by atomic mass is 10.1. The maximum absolute atomic E-state index is 11.1. The maximum atomic E-state index is 11.1. The van der Waals surface area contributed by atoms with E-state index in [1.807, 2.05) is 25.1 Å². The van der Waals surface area contributed by atoms with E-state index < -0.39 is 10.4 Å². The molecule has 1 aromatic heterocycles. The predicted molar refractivity (Wildman–Crippen MR) is 122 cm³/mol. The summed E-state index contributed by atoms with van der Waals surface area (Å²) in [5, 5.41) is 9.64. The highest BCUT2D eigenvalue weighted by atomic mass is 32.3. The first kappa shape index (κ1) is 21.3. The van der Waals surface area contributed by atoms with E-state index in [1.54, 1.807) is 18.2 Å². The smallest absolute Gasteiger partial charge is 0.446 e. The zero-order valence-electron chi connectivity index (χ0n) is 16.9. The van der Waals surface area contributed by atoms with Crippen LogP contribution in [0.2, 0.25) is 0 Å². The molecule has 0 bridgehead atoms. The van der Waals surface area contributed by atoms with E-state index in [0.29, 0.717) is 34.8 Å². The molecule has 0 atom stereocenters. The predicted octanol–water partition coefficient (Wildman–Crippen LogP) is 4.55. The summed E-state index contributed by atoms with van der Waals surface area (Å²) in [4.78, 5) is 4.64. The van der Waals surface area contributed by atoms with Gasteiger partial charge >= 0.3 is 10.4 Å². The Morgan fingerprint density at radius 3 is 2.56 bits per heavy atom. The summed E-state index contributed by atoms with van der Waals surface area (Å²) in [7, 11) is -4.75. The minimum atomic E-state index is -4.75. The SMILES string of the molecule is CCOc1ccc2nc3cc(N=Nc4c(N)cccc4OS(=O)(=O)O)ccc3c(N)c2c1. The molecule has 0 aliphatic carbocycles. The molecule has 0 radical (unpaired) electrons. The number of aromatic nitrogens is 1. The number of pyridine rings is 1. The molecule has 10 nitrogen and oxygen atoms in total. The van der Waals surface area contributed by atoms with E-state index in [-0.39, 0.29) is 17.1 Å². The topological polar surface area (TPSA) is 162 Å². The van der Waals surface area contributed by atoms with Crippen molar-refractivity contribution in [2.24, 2.45) is 10.2 Å². The second-order valence-corrected chi connectivity index (χ2v) is 7.77. The van der Waals surface area contributed by atoms with Crippen LogP contribution in [0.25, 0.3) is 21.8 Å². The summed E-state index contributed by atoms with van der Waals surface area (Å²) >= 11 is 0. The van der Waals surface area contributed by atoms with Gasteiger partial charge in [0.05, 0.1) is 34.7 Å². The Labute approximate surface area is 183 Å². The van der Waals surface area contributed by atoms with Gasteiger partial charge < -0.3 is 20.4 Å². The molecule has 0 aliphatic rings. The number of nitrogens with two attached hydrogens (primary N) is 2. The van der Waals surface area contributed by atoms with Crippen LogP contribution in [0.15, 0.2) is 64.8 Å². The molecule has 11 heteroatoms. The van der Waals surface area contributed by atoms with Gasteiger partial charge in [-0.2, -0.15) is 13.5 Å². The number of hydrogen-bond acceptors (Lipinski definition) is 9. The molecule has 1 heterocycles. The molecule has 0 amide bonds. The van der Waals surface area contributed by atoms with Gasteiger partial charge in [0.1, 0.15) is 5.75 Å². The van der Waals surface area contributed by atoms with Crippen molar-refractivity contribution in [1.29, 1.82) is 0 Å². The number of benzene rings is 3. The number of rotatable bonds is 6. The quantitative estimate of drug-likeness (QED) is 0.166. The largest absolute Gasteiger partial charge is 0.494 e. The van der Waals surface area contributed by atoms with Gasteiger partial charge in [-0.1, -0.05) is 6.07 Å². The van der Waals surface area contributed by atoms with Crippen molar-refractivity contribution < 1.29 is 21.9 Å². The van der Waals surface area contributed by atoms with Crippen LogP contribution in [-0.2, 0) is 10.4 Å². The fourth-order valence-electron chi connectivity index (χ4n) is 3.20. The molecule has 0 saturated carbocycles. The van der Waals surface area contributed by atoms with Crippen molar-refractivity contribution in [1.82, 2.24) is 4.98 Å². The lowest BCUT2D eigenvalue weighted by molar-refractivity contribution is 0.340. The van der Waals surface area contributed by atoms with Gasteiger partial charge in [0, 0.05) is 10.8 Å². The van der Waals surface area contributed by atoms with E-state index in [2.05, 4.69) is 19.4 Å². The number of fused-ring (bicyclic) bond motifs is 2. The first-order chi connectivity index (χ1) is 15.2. The molecule has 0 spiro atoms. The average molecular weight is 453 g/mol. The number of azo groups is 1. The van der Waals surface area contributed by atoms with Crippen LogP contribution in [0, 0.1) is 0 Å². The number of hydrogen-bond donors (Lipinski definition) is 3. The van der Waals surface area contributed by atoms with Gasteiger partial charge in [-0.15, -0.1) is 5.11 Å². The second-order valence-electron chi connectivity index (χ2n) is 6.74. The molecule has 3 aromatic carbocycles. The molecule has 164 valence electrons. The van der Waals surface area contributed by atoms with Crippen molar-refractivity contribution in [3.05, 3.63) is 54.6 Å². The summed E-state index contributed by atoms with van der Waals surface area (Å²) in [5.74, 6) is 0.456. The third-order valence-corrected chi connectivity index (χ3v) is 4.96. The number of nitrogens with zero attached hydrogens (tertiary/aromatic N) is 3. The van der Waals surface area contributed by atoms with Gasteiger partial charge in [0.25, 0.3) is 0 Å². The normalized spacial score (nSPS) is 11.9. The lowest BCUT2D eigenvalue weighted by Crippen LogP contribution is -2.07. The fraction of sp³-hybridized carbons (Fsp3) is 0.0952. The van der Waals surface area contributed by atoms with Crippen LogP contribution in [-0.4, -0.2) is 24.6 Å². The van der Waals surface area contributed by atoms with E-state index in [4.69, 9.17) is 20.8 Å². The summed E-state index contributed by atoms with van der Waals surface area (Å²) in [6, 6.07) is 14.9. The minimum Gasteiger partial charge on any atom is -0.494 e.